The largest absolute Gasteiger partial charge is 0.366 e. The molecule has 5 nitrogen and oxygen atoms in total. The summed E-state index contributed by atoms with van der Waals surface area (Å²) < 4.78 is 0. The molecule has 5 heteroatoms. The number of nitrogens with one attached hydrogen (secondary N) is 2. The van der Waals surface area contributed by atoms with Gasteiger partial charge in [-0.05, 0) is 24.1 Å². The third-order valence-electron chi connectivity index (χ3n) is 2.73. The van der Waals surface area contributed by atoms with E-state index in [1.165, 1.54) is 0 Å². The Labute approximate surface area is 113 Å². The van der Waals surface area contributed by atoms with Gasteiger partial charge in [0.05, 0.1) is 0 Å². The van der Waals surface area contributed by atoms with Gasteiger partial charge < -0.3 is 16.4 Å². The van der Waals surface area contributed by atoms with Gasteiger partial charge >= 0.3 is 6.03 Å². The Morgan fingerprint density at radius 3 is 2.68 bits per heavy atom. The van der Waals surface area contributed by atoms with Gasteiger partial charge in [0.15, 0.2) is 0 Å². The molecule has 104 valence electrons. The van der Waals surface area contributed by atoms with E-state index in [2.05, 4.69) is 17.6 Å². The summed E-state index contributed by atoms with van der Waals surface area (Å²) in [5.74, 6) is -0.467. The van der Waals surface area contributed by atoms with Crippen molar-refractivity contribution in [3.8, 4) is 0 Å². The number of nitrogens with two attached hydrogens (primary N) is 1. The van der Waals surface area contributed by atoms with Gasteiger partial charge in [-0.1, -0.05) is 31.9 Å². The lowest BCUT2D eigenvalue weighted by Gasteiger charge is -2.08. The van der Waals surface area contributed by atoms with Crippen molar-refractivity contribution in [3.63, 3.8) is 0 Å². The van der Waals surface area contributed by atoms with Crippen LogP contribution in [0.2, 0.25) is 0 Å². The Kier molecular flexibility index (Phi) is 6.43. The summed E-state index contributed by atoms with van der Waals surface area (Å²) in [7, 11) is 0. The van der Waals surface area contributed by atoms with Crippen molar-refractivity contribution in [2.75, 3.05) is 6.54 Å². The highest BCUT2D eigenvalue weighted by atomic mass is 16.2. The van der Waals surface area contributed by atoms with Crippen molar-refractivity contribution in [1.29, 1.82) is 0 Å². The zero-order chi connectivity index (χ0) is 14.1. The van der Waals surface area contributed by atoms with Crippen LogP contribution in [-0.4, -0.2) is 18.5 Å². The second-order valence-electron chi connectivity index (χ2n) is 4.38. The minimum atomic E-state index is -0.467. The van der Waals surface area contributed by atoms with E-state index in [1.807, 2.05) is 6.07 Å². The maximum Gasteiger partial charge on any atom is 0.315 e. The molecule has 0 aliphatic rings. The van der Waals surface area contributed by atoms with Gasteiger partial charge in [-0.3, -0.25) is 4.79 Å². The van der Waals surface area contributed by atoms with Crippen LogP contribution in [0.15, 0.2) is 24.3 Å². The third kappa shape index (κ3) is 5.90. The van der Waals surface area contributed by atoms with Crippen LogP contribution in [0.4, 0.5) is 4.79 Å². The van der Waals surface area contributed by atoms with E-state index in [1.54, 1.807) is 18.2 Å². The van der Waals surface area contributed by atoms with Crippen molar-refractivity contribution in [2.45, 2.75) is 32.7 Å². The normalized spacial score (nSPS) is 9.95. The number of carbonyl (C=O) groups excluding carboxylic acids is 2. The minimum absolute atomic E-state index is 0.194. The highest BCUT2D eigenvalue weighted by Crippen LogP contribution is 2.04. The molecule has 0 bridgehead atoms. The van der Waals surface area contributed by atoms with Gasteiger partial charge in [0.25, 0.3) is 0 Å². The maximum absolute atomic E-state index is 11.5. The first-order chi connectivity index (χ1) is 9.13. The summed E-state index contributed by atoms with van der Waals surface area (Å²) in [5, 5.41) is 5.52. The average molecular weight is 263 g/mol. The van der Waals surface area contributed by atoms with E-state index in [4.69, 9.17) is 5.73 Å². The Morgan fingerprint density at radius 1 is 1.21 bits per heavy atom. The van der Waals surface area contributed by atoms with Crippen LogP contribution in [0.25, 0.3) is 0 Å². The minimum Gasteiger partial charge on any atom is -0.366 e. The van der Waals surface area contributed by atoms with E-state index >= 15 is 0 Å². The van der Waals surface area contributed by atoms with Gasteiger partial charge in [0.2, 0.25) is 5.91 Å². The van der Waals surface area contributed by atoms with Crippen molar-refractivity contribution in [2.24, 2.45) is 5.73 Å². The zero-order valence-corrected chi connectivity index (χ0v) is 11.2. The molecule has 0 aromatic heterocycles. The number of hydrogen-bond acceptors (Lipinski definition) is 2. The number of carbonyl (C=O) groups is 2. The molecule has 0 saturated carbocycles. The number of benzene rings is 1. The van der Waals surface area contributed by atoms with Crippen LogP contribution >= 0.6 is 0 Å². The predicted octanol–water partition coefficient (Wildman–Crippen LogP) is 1.77. The molecule has 0 spiro atoms. The fraction of sp³-hybridized carbons (Fsp3) is 0.429. The van der Waals surface area contributed by atoms with Crippen LogP contribution in [-0.2, 0) is 6.54 Å². The maximum atomic E-state index is 11.5. The van der Waals surface area contributed by atoms with Crippen molar-refractivity contribution < 1.29 is 9.59 Å². The molecule has 0 saturated heterocycles. The number of amides is 3. The summed E-state index contributed by atoms with van der Waals surface area (Å²) in [6.07, 6.45) is 3.23. The molecule has 4 N–H and O–H groups in total. The summed E-state index contributed by atoms with van der Waals surface area (Å²) in [4.78, 5) is 22.5. The Bertz CT molecular complexity index is 432. The molecular weight excluding hydrogens is 242 g/mol. The first kappa shape index (κ1) is 15.0. The first-order valence-electron chi connectivity index (χ1n) is 6.54. The molecule has 19 heavy (non-hydrogen) atoms. The Hall–Kier alpha value is -2.04. The molecule has 0 unspecified atom stereocenters. The topological polar surface area (TPSA) is 84.2 Å². The lowest BCUT2D eigenvalue weighted by Crippen LogP contribution is -2.35. The molecule has 1 aromatic carbocycles. The van der Waals surface area contributed by atoms with Crippen LogP contribution in [0.1, 0.15) is 42.1 Å². The molecule has 0 fully saturated rings. The molecule has 0 atom stereocenters. The molecular formula is C14H21N3O2. The lowest BCUT2D eigenvalue weighted by atomic mass is 10.1. The quantitative estimate of drug-likeness (QED) is 0.655. The number of hydrogen-bond donors (Lipinski definition) is 3. The number of urea groups is 1. The second kappa shape index (κ2) is 8.13. The fourth-order valence-electron chi connectivity index (χ4n) is 1.66. The number of rotatable bonds is 7. The Balaban J connectivity index is 2.33. The monoisotopic (exact) mass is 263 g/mol. The third-order valence-corrected chi connectivity index (χ3v) is 2.73. The fourth-order valence-corrected chi connectivity index (χ4v) is 1.66. The van der Waals surface area contributed by atoms with Crippen LogP contribution in [0, 0.1) is 0 Å². The SMILES string of the molecule is CCCCCNC(=O)NCc1cccc(C(N)=O)c1. The smallest absolute Gasteiger partial charge is 0.315 e. The van der Waals surface area contributed by atoms with Crippen LogP contribution < -0.4 is 16.4 Å². The number of primary amides is 1. The van der Waals surface area contributed by atoms with E-state index in [0.29, 0.717) is 18.7 Å². The van der Waals surface area contributed by atoms with Gasteiger partial charge in [-0.15, -0.1) is 0 Å². The van der Waals surface area contributed by atoms with E-state index in [9.17, 15) is 9.59 Å². The van der Waals surface area contributed by atoms with E-state index < -0.39 is 5.91 Å². The predicted molar refractivity (Wildman–Crippen MR) is 74.7 cm³/mol. The van der Waals surface area contributed by atoms with E-state index in [0.717, 1.165) is 24.8 Å². The molecule has 0 heterocycles. The first-order valence-corrected chi connectivity index (χ1v) is 6.54. The zero-order valence-electron chi connectivity index (χ0n) is 11.2. The highest BCUT2D eigenvalue weighted by molar-refractivity contribution is 5.92. The number of unbranched alkanes of at least 4 members (excludes halogenated alkanes) is 2. The summed E-state index contributed by atoms with van der Waals surface area (Å²) in [6.45, 7) is 3.17. The molecule has 0 aliphatic heterocycles. The summed E-state index contributed by atoms with van der Waals surface area (Å²) in [6, 6.07) is 6.72. The van der Waals surface area contributed by atoms with Crippen molar-refractivity contribution in [1.82, 2.24) is 10.6 Å². The average Bonchev–Trinajstić information content (AvgIpc) is 2.41. The standard InChI is InChI=1S/C14H21N3O2/c1-2-3-4-8-16-14(19)17-10-11-6-5-7-12(9-11)13(15)18/h5-7,9H,2-4,8,10H2,1H3,(H2,15,18)(H2,16,17,19). The molecule has 1 rings (SSSR count). The molecule has 0 aliphatic carbocycles. The molecule has 0 radical (unpaired) electrons. The Morgan fingerprint density at radius 2 is 2.00 bits per heavy atom. The van der Waals surface area contributed by atoms with Gasteiger partial charge in [-0.25, -0.2) is 4.79 Å². The summed E-state index contributed by atoms with van der Waals surface area (Å²) >= 11 is 0. The van der Waals surface area contributed by atoms with Crippen LogP contribution in [0.3, 0.4) is 0 Å². The van der Waals surface area contributed by atoms with Crippen molar-refractivity contribution >= 4 is 11.9 Å². The van der Waals surface area contributed by atoms with E-state index in [-0.39, 0.29) is 6.03 Å². The lowest BCUT2D eigenvalue weighted by molar-refractivity contribution is 0.1000. The molecule has 3 amide bonds. The molecule has 1 aromatic rings. The van der Waals surface area contributed by atoms with Crippen molar-refractivity contribution in [3.05, 3.63) is 35.4 Å². The van der Waals surface area contributed by atoms with Gasteiger partial charge in [0, 0.05) is 18.7 Å². The summed E-state index contributed by atoms with van der Waals surface area (Å²) in [5.41, 5.74) is 6.49. The van der Waals surface area contributed by atoms with Crippen LogP contribution in [0.5, 0.6) is 0 Å². The van der Waals surface area contributed by atoms with Gasteiger partial charge in [0.1, 0.15) is 0 Å². The second-order valence-corrected chi connectivity index (χ2v) is 4.38. The highest BCUT2D eigenvalue weighted by Gasteiger charge is 2.03. The van der Waals surface area contributed by atoms with Gasteiger partial charge in [-0.2, -0.15) is 0 Å².